The van der Waals surface area contributed by atoms with E-state index in [1.807, 2.05) is 0 Å². The molecule has 2 N–H and O–H groups in total. The third-order valence-corrected chi connectivity index (χ3v) is 9.22. The van der Waals surface area contributed by atoms with Crippen LogP contribution in [0.2, 0.25) is 0 Å². The molecular formula is C21H22Br4N2O4. The summed E-state index contributed by atoms with van der Waals surface area (Å²) in [6.07, 6.45) is 8.56. The summed E-state index contributed by atoms with van der Waals surface area (Å²) >= 11 is 13.2. The van der Waals surface area contributed by atoms with Gasteiger partial charge in [-0.1, -0.05) is 39.0 Å². The summed E-state index contributed by atoms with van der Waals surface area (Å²) in [5, 5.41) is 12.3. The Kier molecular flexibility index (Phi) is 10.9. The first-order valence-electron chi connectivity index (χ1n) is 9.77. The number of carbonyl (C=O) groups is 2. The molecule has 0 fully saturated rings. The lowest BCUT2D eigenvalue weighted by atomic mass is 10.1. The lowest BCUT2D eigenvalue weighted by Gasteiger charge is -2.15. The van der Waals surface area contributed by atoms with Crippen molar-refractivity contribution in [3.8, 4) is 5.88 Å². The van der Waals surface area contributed by atoms with Crippen molar-refractivity contribution in [1.29, 1.82) is 0 Å². The fourth-order valence-corrected chi connectivity index (χ4v) is 5.31. The highest BCUT2D eigenvalue weighted by Crippen LogP contribution is 2.42. The van der Waals surface area contributed by atoms with Crippen LogP contribution in [0.5, 0.6) is 5.88 Å². The summed E-state index contributed by atoms with van der Waals surface area (Å²) in [5.74, 6) is -1.34. The first-order valence-corrected chi connectivity index (χ1v) is 12.9. The number of nitrogens with one attached hydrogen (secondary N) is 1. The molecule has 0 aliphatic rings. The maximum absolute atomic E-state index is 12.9. The van der Waals surface area contributed by atoms with Crippen molar-refractivity contribution in [2.24, 2.45) is 0 Å². The molecule has 2 rings (SSSR count). The van der Waals surface area contributed by atoms with Crippen molar-refractivity contribution in [2.45, 2.75) is 45.4 Å². The van der Waals surface area contributed by atoms with Crippen LogP contribution in [0.3, 0.4) is 0 Å². The van der Waals surface area contributed by atoms with Gasteiger partial charge >= 0.3 is 5.97 Å². The molecule has 6 nitrogen and oxygen atoms in total. The lowest BCUT2D eigenvalue weighted by Crippen LogP contribution is -2.18. The Labute approximate surface area is 215 Å². The quantitative estimate of drug-likeness (QED) is 0.143. The number of halogens is 4. The number of carbonyl (C=O) groups excluding carboxylic acids is 1. The minimum Gasteiger partial charge on any atom is -0.478 e. The van der Waals surface area contributed by atoms with E-state index < -0.39 is 11.9 Å². The molecule has 0 spiro atoms. The molecule has 1 heterocycles. The highest BCUT2D eigenvalue weighted by Gasteiger charge is 2.28. The van der Waals surface area contributed by atoms with Crippen LogP contribution in [0.25, 0.3) is 0 Å². The molecule has 1 aromatic carbocycles. The van der Waals surface area contributed by atoms with Gasteiger partial charge in [-0.2, -0.15) is 0 Å². The number of rotatable bonds is 11. The van der Waals surface area contributed by atoms with E-state index in [2.05, 4.69) is 80.9 Å². The van der Waals surface area contributed by atoms with Crippen LogP contribution in [-0.4, -0.2) is 28.6 Å². The zero-order chi connectivity index (χ0) is 23.0. The second kappa shape index (κ2) is 12.9. The van der Waals surface area contributed by atoms with Crippen LogP contribution in [0, 0.1) is 0 Å². The van der Waals surface area contributed by atoms with Crippen LogP contribution >= 0.6 is 63.7 Å². The fourth-order valence-electron chi connectivity index (χ4n) is 2.84. The number of hydrogen-bond acceptors (Lipinski definition) is 4. The van der Waals surface area contributed by atoms with Crippen molar-refractivity contribution in [3.63, 3.8) is 0 Å². The standard InChI is InChI=1S/C21H22Br4N2O4/c1-2-3-4-5-6-7-10-31-13-9-8-12(11-26-13)27-20(28)14-15(21(29)30)17(23)19(25)18(24)16(14)22/h8-9,11H,2-7,10H2,1H3,(H,27,28)(H,29,30). The van der Waals surface area contributed by atoms with Gasteiger partial charge in [0.25, 0.3) is 5.91 Å². The van der Waals surface area contributed by atoms with Gasteiger partial charge in [-0.15, -0.1) is 0 Å². The minimum atomic E-state index is -1.23. The van der Waals surface area contributed by atoms with Crippen LogP contribution in [-0.2, 0) is 0 Å². The summed E-state index contributed by atoms with van der Waals surface area (Å²) in [7, 11) is 0. The first-order chi connectivity index (χ1) is 14.8. The maximum atomic E-state index is 12.9. The van der Waals surface area contributed by atoms with Gasteiger partial charge in [0.1, 0.15) is 0 Å². The molecule has 168 valence electrons. The van der Waals surface area contributed by atoms with Crippen molar-refractivity contribution >= 4 is 81.3 Å². The molecule has 1 amide bonds. The number of unbranched alkanes of at least 4 members (excludes halogenated alkanes) is 5. The van der Waals surface area contributed by atoms with E-state index >= 15 is 0 Å². The van der Waals surface area contributed by atoms with Gasteiger partial charge in [0.15, 0.2) is 0 Å². The van der Waals surface area contributed by atoms with Crippen molar-refractivity contribution < 1.29 is 19.4 Å². The number of amides is 1. The molecule has 0 radical (unpaired) electrons. The van der Waals surface area contributed by atoms with Gasteiger partial charge < -0.3 is 15.2 Å². The van der Waals surface area contributed by atoms with Crippen molar-refractivity contribution in [3.05, 3.63) is 47.3 Å². The van der Waals surface area contributed by atoms with Gasteiger partial charge in [0.2, 0.25) is 5.88 Å². The molecule has 0 unspecified atom stereocenters. The summed E-state index contributed by atoms with van der Waals surface area (Å²) in [6, 6.07) is 3.34. The average Bonchev–Trinajstić information content (AvgIpc) is 2.74. The monoisotopic (exact) mass is 682 g/mol. The van der Waals surface area contributed by atoms with Crippen LogP contribution in [0.1, 0.15) is 66.2 Å². The molecule has 0 aliphatic carbocycles. The second-order valence-corrected chi connectivity index (χ2v) is 9.94. The number of anilines is 1. The van der Waals surface area contributed by atoms with Crippen molar-refractivity contribution in [1.82, 2.24) is 4.98 Å². The lowest BCUT2D eigenvalue weighted by molar-refractivity contribution is 0.0691. The highest BCUT2D eigenvalue weighted by atomic mass is 79.9. The van der Waals surface area contributed by atoms with Crippen LogP contribution in [0.15, 0.2) is 36.2 Å². The molecule has 0 atom stereocenters. The summed E-state index contributed by atoms with van der Waals surface area (Å²) < 4.78 is 7.24. The van der Waals surface area contributed by atoms with Gasteiger partial charge in [-0.3, -0.25) is 4.79 Å². The molecule has 0 bridgehead atoms. The van der Waals surface area contributed by atoms with Crippen LogP contribution in [0.4, 0.5) is 5.69 Å². The smallest absolute Gasteiger partial charge is 0.337 e. The van der Waals surface area contributed by atoms with E-state index in [-0.39, 0.29) is 15.6 Å². The number of aromatic carboxylic acids is 1. The predicted molar refractivity (Wildman–Crippen MR) is 135 cm³/mol. The third-order valence-electron chi connectivity index (χ3n) is 4.45. The maximum Gasteiger partial charge on any atom is 0.337 e. The predicted octanol–water partition coefficient (Wildman–Crippen LogP) is 7.82. The molecular weight excluding hydrogens is 664 g/mol. The average molecular weight is 686 g/mol. The largest absolute Gasteiger partial charge is 0.478 e. The molecule has 0 aliphatic heterocycles. The zero-order valence-electron chi connectivity index (χ0n) is 16.8. The number of pyridine rings is 1. The molecule has 31 heavy (non-hydrogen) atoms. The summed E-state index contributed by atoms with van der Waals surface area (Å²) in [4.78, 5) is 28.8. The minimum absolute atomic E-state index is 0.0159. The number of carboxylic acid groups (broad SMARTS) is 1. The normalized spacial score (nSPS) is 10.7. The number of benzene rings is 1. The Morgan fingerprint density at radius 1 is 0.935 bits per heavy atom. The van der Waals surface area contributed by atoms with Gasteiger partial charge in [-0.25, -0.2) is 9.78 Å². The van der Waals surface area contributed by atoms with Gasteiger partial charge in [-0.05, 0) is 76.2 Å². The SMILES string of the molecule is CCCCCCCCOc1ccc(NC(=O)c2c(Br)c(Br)c(Br)c(Br)c2C(=O)O)cn1. The van der Waals surface area contributed by atoms with E-state index in [4.69, 9.17) is 4.74 Å². The number of carboxylic acids is 1. The molecule has 1 aromatic heterocycles. The Morgan fingerprint density at radius 2 is 1.55 bits per heavy atom. The Bertz CT molecular complexity index is 936. The first kappa shape index (κ1) is 26.3. The second-order valence-electron chi connectivity index (χ2n) is 6.77. The topological polar surface area (TPSA) is 88.5 Å². The number of ether oxygens (including phenoxy) is 1. The summed E-state index contributed by atoms with van der Waals surface area (Å²) in [6.45, 7) is 2.79. The number of hydrogen-bond donors (Lipinski definition) is 2. The summed E-state index contributed by atoms with van der Waals surface area (Å²) in [5.41, 5.74) is 0.250. The zero-order valence-corrected chi connectivity index (χ0v) is 23.2. The molecule has 2 aromatic rings. The Morgan fingerprint density at radius 3 is 2.13 bits per heavy atom. The Balaban J connectivity index is 2.03. The molecule has 0 saturated carbocycles. The Hall–Kier alpha value is -0.970. The van der Waals surface area contributed by atoms with Gasteiger partial charge in [0.05, 0.1) is 29.6 Å². The highest BCUT2D eigenvalue weighted by molar-refractivity contribution is 9.15. The van der Waals surface area contributed by atoms with E-state index in [1.165, 1.54) is 31.9 Å². The number of nitrogens with zero attached hydrogens (tertiary/aromatic N) is 1. The van der Waals surface area contributed by atoms with Gasteiger partial charge in [0, 0.05) is 24.0 Å². The van der Waals surface area contributed by atoms with Crippen molar-refractivity contribution in [2.75, 3.05) is 11.9 Å². The van der Waals surface area contributed by atoms with E-state index in [9.17, 15) is 14.7 Å². The van der Waals surface area contributed by atoms with E-state index in [1.54, 1.807) is 12.1 Å². The van der Waals surface area contributed by atoms with E-state index in [0.717, 1.165) is 12.8 Å². The fraction of sp³-hybridized carbons (Fsp3) is 0.381. The molecule has 0 saturated heterocycles. The van der Waals surface area contributed by atoms with E-state index in [0.29, 0.717) is 31.6 Å². The third kappa shape index (κ3) is 7.27. The van der Waals surface area contributed by atoms with Crippen LogP contribution < -0.4 is 10.1 Å². The molecule has 10 heteroatoms. The number of aromatic nitrogens is 1.